The van der Waals surface area contributed by atoms with E-state index < -0.39 is 17.6 Å². The van der Waals surface area contributed by atoms with Gasteiger partial charge in [0.1, 0.15) is 24.2 Å². The second-order valence-corrected chi connectivity index (χ2v) is 10.1. The zero-order valence-corrected chi connectivity index (χ0v) is 23.0. The van der Waals surface area contributed by atoms with E-state index in [1.165, 1.54) is 49.1 Å². The molecule has 1 fully saturated rings. The van der Waals surface area contributed by atoms with Crippen LogP contribution in [0.15, 0.2) is 59.6 Å². The molecule has 0 bridgehead atoms. The normalized spacial score (nSPS) is 13.6. The highest BCUT2D eigenvalue weighted by Crippen LogP contribution is 2.47. The molecule has 0 atom stereocenters. The summed E-state index contributed by atoms with van der Waals surface area (Å²) in [5.74, 6) is -0.477. The van der Waals surface area contributed by atoms with Crippen LogP contribution in [0.25, 0.3) is 22.6 Å². The van der Waals surface area contributed by atoms with Crippen LogP contribution in [0.2, 0.25) is 0 Å². The van der Waals surface area contributed by atoms with Gasteiger partial charge in [-0.1, -0.05) is 0 Å². The highest BCUT2D eigenvalue weighted by atomic mass is 19.4. The van der Waals surface area contributed by atoms with Crippen molar-refractivity contribution in [3.63, 3.8) is 0 Å². The number of likely N-dealkylation sites (N-methyl/N-ethyl adjacent to an activating group) is 1. The second kappa shape index (κ2) is 12.6. The molecule has 0 unspecified atom stereocenters. The largest absolute Gasteiger partial charge is 0.490 e. The fraction of sp³-hybridized carbons (Fsp3) is 0.345. The van der Waals surface area contributed by atoms with Crippen molar-refractivity contribution in [3.8, 4) is 34.2 Å². The predicted molar refractivity (Wildman–Crippen MR) is 147 cm³/mol. The van der Waals surface area contributed by atoms with Gasteiger partial charge in [-0.3, -0.25) is 4.79 Å². The predicted octanol–water partition coefficient (Wildman–Crippen LogP) is 5.27. The van der Waals surface area contributed by atoms with Crippen molar-refractivity contribution in [2.24, 2.45) is 0 Å². The highest BCUT2D eigenvalue weighted by molar-refractivity contribution is 5.98. The van der Waals surface area contributed by atoms with Gasteiger partial charge in [0.2, 0.25) is 17.7 Å². The number of ether oxygens (including phenoxy) is 2. The number of nitrogens with one attached hydrogen (secondary N) is 1. The molecule has 1 N–H and O–H groups in total. The summed E-state index contributed by atoms with van der Waals surface area (Å²) in [5.41, 5.74) is -0.233. The first-order valence-electron chi connectivity index (χ1n) is 13.3. The number of rotatable bonds is 11. The molecule has 1 aromatic carbocycles. The lowest BCUT2D eigenvalue weighted by Crippen LogP contribution is -2.26. The van der Waals surface area contributed by atoms with Crippen molar-refractivity contribution in [2.75, 3.05) is 32.6 Å². The van der Waals surface area contributed by atoms with Crippen LogP contribution in [-0.4, -0.2) is 64.3 Å². The van der Waals surface area contributed by atoms with E-state index in [-0.39, 0.29) is 46.9 Å². The number of hydrogen-bond acceptors (Lipinski definition) is 9. The molecule has 1 aliphatic rings. The third-order valence-electron chi connectivity index (χ3n) is 6.61. The molecule has 0 saturated heterocycles. The van der Waals surface area contributed by atoms with E-state index in [2.05, 4.69) is 25.5 Å². The number of carbonyl (C=O) groups excluding carboxylic acids is 1. The topological polar surface area (TPSA) is 116 Å². The van der Waals surface area contributed by atoms with Crippen LogP contribution in [0.5, 0.6) is 11.6 Å². The molecule has 0 aliphatic heterocycles. The second-order valence-electron chi connectivity index (χ2n) is 10.1. The number of oxazole rings is 1. The van der Waals surface area contributed by atoms with Crippen LogP contribution in [0.1, 0.15) is 30.5 Å². The molecular weight excluding hydrogens is 553 g/mol. The zero-order chi connectivity index (χ0) is 29.7. The first-order valence-corrected chi connectivity index (χ1v) is 13.3. The van der Waals surface area contributed by atoms with Gasteiger partial charge in [-0.15, -0.1) is 0 Å². The molecule has 220 valence electrons. The Morgan fingerprint density at radius 3 is 2.62 bits per heavy atom. The molecular formula is C29H29F3N6O4. The molecule has 4 aromatic rings. The minimum Gasteiger partial charge on any atom is -0.490 e. The molecule has 13 heteroatoms. The maximum atomic E-state index is 14.7. The zero-order valence-electron chi connectivity index (χ0n) is 23.0. The van der Waals surface area contributed by atoms with Crippen LogP contribution in [0.3, 0.4) is 0 Å². The lowest BCUT2D eigenvalue weighted by Gasteiger charge is -2.29. The van der Waals surface area contributed by atoms with Crippen molar-refractivity contribution in [3.05, 3.63) is 66.4 Å². The number of aromatic nitrogens is 4. The smallest absolute Gasteiger partial charge is 0.420 e. The van der Waals surface area contributed by atoms with Crippen molar-refractivity contribution in [2.45, 2.75) is 38.0 Å². The first kappa shape index (κ1) is 29.0. The maximum absolute atomic E-state index is 14.7. The number of halogens is 3. The van der Waals surface area contributed by atoms with Gasteiger partial charge < -0.3 is 24.1 Å². The molecule has 0 spiro atoms. The highest BCUT2D eigenvalue weighted by Gasteiger charge is 2.40. The number of anilines is 1. The maximum Gasteiger partial charge on any atom is 0.420 e. The summed E-state index contributed by atoms with van der Waals surface area (Å²) in [5, 5.41) is 10.1. The monoisotopic (exact) mass is 582 g/mol. The Bertz CT molecular complexity index is 1520. The molecule has 0 radical (unpaired) electrons. The van der Waals surface area contributed by atoms with Crippen molar-refractivity contribution < 1.29 is 31.9 Å². The summed E-state index contributed by atoms with van der Waals surface area (Å²) in [7, 11) is 3.75. The Kier molecular flexibility index (Phi) is 8.67. The molecule has 42 heavy (non-hydrogen) atoms. The number of alkyl halides is 3. The lowest BCUT2D eigenvalue weighted by molar-refractivity contribution is -0.139. The molecule has 3 aromatic heterocycles. The summed E-state index contributed by atoms with van der Waals surface area (Å²) in [6, 6.07) is 7.18. The van der Waals surface area contributed by atoms with E-state index >= 15 is 0 Å². The molecule has 5 rings (SSSR count). The molecule has 10 nitrogen and oxygen atoms in total. The number of carbonyl (C=O) groups is 1. The fourth-order valence-corrected chi connectivity index (χ4v) is 4.31. The third-order valence-corrected chi connectivity index (χ3v) is 6.61. The minimum absolute atomic E-state index is 0.0409. The third kappa shape index (κ3) is 7.03. The van der Waals surface area contributed by atoms with Gasteiger partial charge in [0, 0.05) is 30.1 Å². The summed E-state index contributed by atoms with van der Waals surface area (Å²) in [6.45, 7) is 0.881. The van der Waals surface area contributed by atoms with Crippen molar-refractivity contribution in [1.82, 2.24) is 25.1 Å². The Balaban J connectivity index is 1.48. The average molecular weight is 583 g/mol. The summed E-state index contributed by atoms with van der Waals surface area (Å²) >= 11 is 0. The standard InChI is InChI=1S/C29H29F3N6O4/c1-38(2)12-13-40-25-14-18(8-10-33-25)26-22(6-7-23(27(26)29(30,31)32)42-21-4-3-5-21)37-24(39)15-20-17-41-28(36-20)19-9-11-34-35-16-19/h6-11,14,16-17,21H,3-5,12-13,15H2,1-2H3,(H,37,39). The summed E-state index contributed by atoms with van der Waals surface area (Å²) in [6.07, 6.45) is 2.55. The van der Waals surface area contributed by atoms with E-state index in [0.717, 1.165) is 6.42 Å². The number of pyridine rings is 1. The summed E-state index contributed by atoms with van der Waals surface area (Å²) < 4.78 is 61.0. The number of benzene rings is 1. The SMILES string of the molecule is CN(C)CCOc1cc(-c2c(NC(=O)Cc3coc(-c4ccnnc4)n3)ccc(OC3CCC3)c2C(F)(F)F)ccn1. The molecule has 1 amide bonds. The van der Waals surface area contributed by atoms with Crippen LogP contribution in [0.4, 0.5) is 18.9 Å². The van der Waals surface area contributed by atoms with Crippen LogP contribution >= 0.6 is 0 Å². The Morgan fingerprint density at radius 2 is 1.93 bits per heavy atom. The van der Waals surface area contributed by atoms with E-state index in [1.807, 2.05) is 19.0 Å². The van der Waals surface area contributed by atoms with E-state index in [0.29, 0.717) is 37.3 Å². The van der Waals surface area contributed by atoms with Gasteiger partial charge in [0.25, 0.3) is 0 Å². The van der Waals surface area contributed by atoms with Gasteiger partial charge in [-0.05, 0) is 63.2 Å². The Morgan fingerprint density at radius 1 is 1.12 bits per heavy atom. The van der Waals surface area contributed by atoms with Crippen LogP contribution < -0.4 is 14.8 Å². The fourth-order valence-electron chi connectivity index (χ4n) is 4.31. The quantitative estimate of drug-likeness (QED) is 0.253. The number of nitrogens with zero attached hydrogens (tertiary/aromatic N) is 5. The number of hydrogen-bond donors (Lipinski definition) is 1. The minimum atomic E-state index is -4.79. The van der Waals surface area contributed by atoms with Crippen LogP contribution in [-0.2, 0) is 17.4 Å². The molecule has 1 aliphatic carbocycles. The van der Waals surface area contributed by atoms with E-state index in [4.69, 9.17) is 13.9 Å². The van der Waals surface area contributed by atoms with Gasteiger partial charge in [0.05, 0.1) is 36.2 Å². The van der Waals surface area contributed by atoms with Gasteiger partial charge in [0.15, 0.2) is 0 Å². The van der Waals surface area contributed by atoms with E-state index in [9.17, 15) is 18.0 Å². The van der Waals surface area contributed by atoms with Crippen molar-refractivity contribution >= 4 is 11.6 Å². The Labute approximate surface area is 239 Å². The van der Waals surface area contributed by atoms with E-state index in [1.54, 1.807) is 6.07 Å². The van der Waals surface area contributed by atoms with Gasteiger partial charge >= 0.3 is 6.18 Å². The van der Waals surface area contributed by atoms with Gasteiger partial charge in [-0.2, -0.15) is 23.4 Å². The number of amides is 1. The Hall–Kier alpha value is -4.52. The van der Waals surface area contributed by atoms with Gasteiger partial charge in [-0.25, -0.2) is 9.97 Å². The van der Waals surface area contributed by atoms with Crippen molar-refractivity contribution in [1.29, 1.82) is 0 Å². The summed E-state index contributed by atoms with van der Waals surface area (Å²) in [4.78, 5) is 23.4. The first-order chi connectivity index (χ1) is 20.2. The van der Waals surface area contributed by atoms with Crippen LogP contribution in [0, 0.1) is 0 Å². The average Bonchev–Trinajstić information content (AvgIpc) is 3.39. The lowest BCUT2D eigenvalue weighted by atomic mass is 9.94. The molecule has 1 saturated carbocycles. The molecule has 3 heterocycles.